The van der Waals surface area contributed by atoms with Gasteiger partial charge in [0.15, 0.2) is 17.3 Å². The molecule has 0 saturated carbocycles. The molecule has 0 saturated heterocycles. The summed E-state index contributed by atoms with van der Waals surface area (Å²) in [5.74, 6) is 0.351. The Kier molecular flexibility index (Phi) is 4.15. The molecule has 4 heteroatoms. The minimum Gasteiger partial charge on any atom is -0.504 e. The van der Waals surface area contributed by atoms with Crippen molar-refractivity contribution in [3.05, 3.63) is 23.8 Å². The van der Waals surface area contributed by atoms with Crippen LogP contribution < -0.4 is 4.74 Å². The van der Waals surface area contributed by atoms with Gasteiger partial charge in [0.25, 0.3) is 0 Å². The van der Waals surface area contributed by atoms with E-state index in [-0.39, 0.29) is 16.4 Å². The Balaban J connectivity index is 3.01. The van der Waals surface area contributed by atoms with Crippen molar-refractivity contribution in [3.8, 4) is 11.5 Å². The number of Topliss-reactive ketones (excluding diaryl/α,β-unsaturated/α-hetero) is 1. The van der Waals surface area contributed by atoms with E-state index in [2.05, 4.69) is 15.9 Å². The van der Waals surface area contributed by atoms with E-state index in [0.29, 0.717) is 11.3 Å². The lowest BCUT2D eigenvalue weighted by Crippen LogP contribution is -2.12. The van der Waals surface area contributed by atoms with Crippen LogP contribution in [-0.2, 0) is 0 Å². The number of ketones is 1. The Morgan fingerprint density at radius 2 is 2.27 bits per heavy atom. The fourth-order valence-corrected chi connectivity index (χ4v) is 1.46. The molecule has 1 aromatic carbocycles. The lowest BCUT2D eigenvalue weighted by atomic mass is 10.1. The molecule has 0 amide bonds. The van der Waals surface area contributed by atoms with Gasteiger partial charge in [-0.1, -0.05) is 22.9 Å². The van der Waals surface area contributed by atoms with Crippen LogP contribution in [0.1, 0.15) is 23.7 Å². The molecule has 82 valence electrons. The number of alkyl halides is 1. The van der Waals surface area contributed by atoms with Gasteiger partial charge in [0.2, 0.25) is 0 Å². The van der Waals surface area contributed by atoms with Crippen LogP contribution in [0.4, 0.5) is 0 Å². The van der Waals surface area contributed by atoms with Gasteiger partial charge in [-0.05, 0) is 24.6 Å². The van der Waals surface area contributed by atoms with E-state index >= 15 is 0 Å². The molecule has 1 rings (SSSR count). The van der Waals surface area contributed by atoms with Gasteiger partial charge in [0.1, 0.15) is 0 Å². The van der Waals surface area contributed by atoms with Crippen molar-refractivity contribution in [3.63, 3.8) is 0 Å². The van der Waals surface area contributed by atoms with Crippen molar-refractivity contribution < 1.29 is 14.6 Å². The lowest BCUT2D eigenvalue weighted by Gasteiger charge is -2.08. The van der Waals surface area contributed by atoms with Crippen LogP contribution in [0, 0.1) is 0 Å². The molecule has 0 aliphatic rings. The van der Waals surface area contributed by atoms with E-state index in [4.69, 9.17) is 4.74 Å². The zero-order chi connectivity index (χ0) is 11.4. The van der Waals surface area contributed by atoms with Gasteiger partial charge in [-0.3, -0.25) is 4.79 Å². The van der Waals surface area contributed by atoms with Crippen molar-refractivity contribution in [2.75, 3.05) is 7.11 Å². The second kappa shape index (κ2) is 5.16. The minimum atomic E-state index is -0.188. The van der Waals surface area contributed by atoms with Gasteiger partial charge >= 0.3 is 0 Å². The van der Waals surface area contributed by atoms with Crippen molar-refractivity contribution in [2.24, 2.45) is 0 Å². The number of aromatic hydroxyl groups is 1. The molecule has 0 fully saturated rings. The third-order valence-corrected chi connectivity index (χ3v) is 3.17. The smallest absolute Gasteiger partial charge is 0.176 e. The molecule has 3 nitrogen and oxygen atoms in total. The molecule has 0 aliphatic heterocycles. The first-order valence-corrected chi connectivity index (χ1v) is 5.57. The predicted octanol–water partition coefficient (Wildman–Crippen LogP) is 2.76. The average Bonchev–Trinajstić information content (AvgIpc) is 2.27. The molecule has 0 aromatic heterocycles. The number of hydrogen-bond donors (Lipinski definition) is 1. The third-order valence-electron chi connectivity index (χ3n) is 2.11. The van der Waals surface area contributed by atoms with Crippen molar-refractivity contribution in [1.82, 2.24) is 0 Å². The summed E-state index contributed by atoms with van der Waals surface area (Å²) in [6.07, 6.45) is 0.724. The maximum absolute atomic E-state index is 11.8. The number of phenols is 1. The van der Waals surface area contributed by atoms with Gasteiger partial charge in [0.05, 0.1) is 11.9 Å². The second-order valence-electron chi connectivity index (χ2n) is 3.13. The zero-order valence-electron chi connectivity index (χ0n) is 8.66. The number of hydrogen-bond acceptors (Lipinski definition) is 3. The predicted molar refractivity (Wildman–Crippen MR) is 62.0 cm³/mol. The quantitative estimate of drug-likeness (QED) is 0.677. The maximum Gasteiger partial charge on any atom is 0.176 e. The highest BCUT2D eigenvalue weighted by atomic mass is 79.9. The zero-order valence-corrected chi connectivity index (χ0v) is 10.2. The standard InChI is InChI=1S/C11H13BrO3/c1-3-8(12)11(14)7-4-5-9(13)10(6-7)15-2/h4-6,8,13H,3H2,1-2H3. The van der Waals surface area contributed by atoms with Crippen molar-refractivity contribution in [1.29, 1.82) is 0 Å². The Morgan fingerprint density at radius 3 is 2.80 bits per heavy atom. The number of benzene rings is 1. The fourth-order valence-electron chi connectivity index (χ4n) is 1.20. The summed E-state index contributed by atoms with van der Waals surface area (Å²) in [5.41, 5.74) is 0.536. The summed E-state index contributed by atoms with van der Waals surface area (Å²) in [7, 11) is 1.45. The van der Waals surface area contributed by atoms with Crippen molar-refractivity contribution >= 4 is 21.7 Å². The van der Waals surface area contributed by atoms with E-state index in [9.17, 15) is 9.90 Å². The molecule has 0 heterocycles. The maximum atomic E-state index is 11.8. The normalized spacial score (nSPS) is 12.2. The molecule has 0 aliphatic carbocycles. The van der Waals surface area contributed by atoms with E-state index in [0.717, 1.165) is 6.42 Å². The summed E-state index contributed by atoms with van der Waals surface area (Å²) in [6, 6.07) is 4.59. The minimum absolute atomic E-state index is 0.00389. The number of ether oxygens (including phenoxy) is 1. The highest BCUT2D eigenvalue weighted by molar-refractivity contribution is 9.10. The molecule has 1 unspecified atom stereocenters. The lowest BCUT2D eigenvalue weighted by molar-refractivity contribution is 0.0990. The van der Waals surface area contributed by atoms with Gasteiger partial charge in [-0.15, -0.1) is 0 Å². The van der Waals surface area contributed by atoms with Gasteiger partial charge < -0.3 is 9.84 Å². The molecular formula is C11H13BrO3. The van der Waals surface area contributed by atoms with Crippen molar-refractivity contribution in [2.45, 2.75) is 18.2 Å². The first kappa shape index (κ1) is 12.0. The van der Waals surface area contributed by atoms with E-state index in [1.54, 1.807) is 12.1 Å². The average molecular weight is 273 g/mol. The molecule has 0 bridgehead atoms. The summed E-state index contributed by atoms with van der Waals surface area (Å²) < 4.78 is 4.93. The number of halogens is 1. The highest BCUT2D eigenvalue weighted by Gasteiger charge is 2.16. The molecular weight excluding hydrogens is 260 g/mol. The van der Waals surface area contributed by atoms with Crippen LogP contribution in [0.5, 0.6) is 11.5 Å². The van der Waals surface area contributed by atoms with E-state index in [1.165, 1.54) is 13.2 Å². The van der Waals surface area contributed by atoms with Gasteiger partial charge in [0, 0.05) is 5.56 Å². The van der Waals surface area contributed by atoms with E-state index in [1.807, 2.05) is 6.92 Å². The Bertz CT molecular complexity index is 363. The fraction of sp³-hybridized carbons (Fsp3) is 0.364. The number of phenolic OH excluding ortho intramolecular Hbond substituents is 1. The second-order valence-corrected chi connectivity index (χ2v) is 4.23. The number of carbonyl (C=O) groups excluding carboxylic acids is 1. The summed E-state index contributed by atoms with van der Waals surface area (Å²) >= 11 is 3.29. The molecule has 0 spiro atoms. The molecule has 0 radical (unpaired) electrons. The van der Waals surface area contributed by atoms with Gasteiger partial charge in [-0.2, -0.15) is 0 Å². The largest absolute Gasteiger partial charge is 0.504 e. The van der Waals surface area contributed by atoms with Crippen LogP contribution in [0.15, 0.2) is 18.2 Å². The SMILES string of the molecule is CCC(Br)C(=O)c1ccc(O)c(OC)c1. The Morgan fingerprint density at radius 1 is 1.60 bits per heavy atom. The van der Waals surface area contributed by atoms with Gasteiger partial charge in [-0.25, -0.2) is 0 Å². The summed E-state index contributed by atoms with van der Waals surface area (Å²) in [4.78, 5) is 11.6. The van der Waals surface area contributed by atoms with Crippen LogP contribution in [0.2, 0.25) is 0 Å². The third kappa shape index (κ3) is 2.72. The molecule has 15 heavy (non-hydrogen) atoms. The first-order valence-electron chi connectivity index (χ1n) is 4.65. The Labute approximate surface area is 97.2 Å². The first-order chi connectivity index (χ1) is 7.10. The molecule has 1 atom stereocenters. The van der Waals surface area contributed by atoms with Crippen LogP contribution in [-0.4, -0.2) is 22.8 Å². The number of carbonyl (C=O) groups is 1. The number of methoxy groups -OCH3 is 1. The van der Waals surface area contributed by atoms with Crippen LogP contribution in [0.3, 0.4) is 0 Å². The molecule has 1 aromatic rings. The topological polar surface area (TPSA) is 46.5 Å². The van der Waals surface area contributed by atoms with E-state index < -0.39 is 0 Å². The summed E-state index contributed by atoms with van der Waals surface area (Å²) in [5, 5.41) is 9.36. The Hall–Kier alpha value is -1.03. The number of rotatable bonds is 4. The van der Waals surface area contributed by atoms with Crippen LogP contribution >= 0.6 is 15.9 Å². The summed E-state index contributed by atoms with van der Waals surface area (Å²) in [6.45, 7) is 1.93. The monoisotopic (exact) mass is 272 g/mol. The highest BCUT2D eigenvalue weighted by Crippen LogP contribution is 2.27. The van der Waals surface area contributed by atoms with Crippen LogP contribution in [0.25, 0.3) is 0 Å². The molecule has 1 N–H and O–H groups in total.